The second-order valence-corrected chi connectivity index (χ2v) is 4.89. The fraction of sp³-hybridized carbons (Fsp3) is 0.400. The van der Waals surface area contributed by atoms with Gasteiger partial charge in [0.2, 0.25) is 0 Å². The lowest BCUT2D eigenvalue weighted by atomic mass is 9.93. The van der Waals surface area contributed by atoms with E-state index < -0.39 is 0 Å². The predicted octanol–water partition coefficient (Wildman–Crippen LogP) is 2.55. The summed E-state index contributed by atoms with van der Waals surface area (Å²) in [5.41, 5.74) is 4.33. The summed E-state index contributed by atoms with van der Waals surface area (Å²) in [6, 6.07) is 5.85. The highest BCUT2D eigenvalue weighted by Crippen LogP contribution is 2.22. The van der Waals surface area contributed by atoms with Gasteiger partial charge in [0, 0.05) is 29.3 Å². The van der Waals surface area contributed by atoms with Crippen LogP contribution in [0.5, 0.6) is 0 Å². The average molecular weight is 243 g/mol. The van der Waals surface area contributed by atoms with Gasteiger partial charge in [-0.05, 0) is 31.7 Å². The number of hydrogen-bond donors (Lipinski definition) is 1. The van der Waals surface area contributed by atoms with Crippen LogP contribution in [-0.2, 0) is 24.2 Å². The van der Waals surface area contributed by atoms with E-state index in [4.69, 9.17) is 4.74 Å². The van der Waals surface area contributed by atoms with E-state index in [0.29, 0.717) is 6.61 Å². The maximum Gasteiger partial charge on any atom is 0.192 e. The normalized spacial score (nSPS) is 14.7. The molecule has 0 atom stereocenters. The number of aromatic amines is 1. The van der Waals surface area contributed by atoms with Crippen molar-refractivity contribution in [2.75, 3.05) is 7.11 Å². The Morgan fingerprint density at radius 2 is 2.11 bits per heavy atom. The zero-order chi connectivity index (χ0) is 12.5. The molecule has 18 heavy (non-hydrogen) atoms. The minimum atomic E-state index is 0.205. The summed E-state index contributed by atoms with van der Waals surface area (Å²) in [7, 11) is 1.68. The molecule has 94 valence electrons. The van der Waals surface area contributed by atoms with Crippen LogP contribution in [0.15, 0.2) is 23.0 Å². The molecule has 3 rings (SSSR count). The Kier molecular flexibility index (Phi) is 2.92. The summed E-state index contributed by atoms with van der Waals surface area (Å²) in [6.07, 6.45) is 4.19. The molecule has 1 aromatic heterocycles. The highest BCUT2D eigenvalue weighted by Gasteiger charge is 2.16. The molecule has 0 spiro atoms. The van der Waals surface area contributed by atoms with Gasteiger partial charge < -0.3 is 9.72 Å². The van der Waals surface area contributed by atoms with Crippen molar-refractivity contribution < 1.29 is 4.74 Å². The van der Waals surface area contributed by atoms with E-state index in [0.717, 1.165) is 47.0 Å². The van der Waals surface area contributed by atoms with Crippen LogP contribution < -0.4 is 5.43 Å². The lowest BCUT2D eigenvalue weighted by Gasteiger charge is -2.17. The minimum Gasteiger partial charge on any atom is -0.380 e. The van der Waals surface area contributed by atoms with E-state index in [9.17, 15) is 4.79 Å². The smallest absolute Gasteiger partial charge is 0.192 e. The van der Waals surface area contributed by atoms with Crippen LogP contribution in [0.4, 0.5) is 0 Å². The van der Waals surface area contributed by atoms with E-state index in [-0.39, 0.29) is 5.43 Å². The van der Waals surface area contributed by atoms with Crippen molar-refractivity contribution >= 4 is 10.9 Å². The molecule has 1 aliphatic rings. The number of pyridine rings is 1. The standard InChI is InChI=1S/C15H17NO2/c1-18-9-10-5-4-7-12-14(10)16-13-8-3-2-6-11(13)15(12)17/h4-5,7H,2-3,6,8-9H2,1H3,(H,16,17). The molecular formula is C15H17NO2. The largest absolute Gasteiger partial charge is 0.380 e. The fourth-order valence-electron chi connectivity index (χ4n) is 2.82. The predicted molar refractivity (Wildman–Crippen MR) is 71.9 cm³/mol. The number of nitrogens with one attached hydrogen (secondary N) is 1. The maximum atomic E-state index is 12.5. The third-order valence-electron chi connectivity index (χ3n) is 3.71. The lowest BCUT2D eigenvalue weighted by molar-refractivity contribution is 0.186. The second kappa shape index (κ2) is 4.58. The molecule has 0 radical (unpaired) electrons. The lowest BCUT2D eigenvalue weighted by Crippen LogP contribution is -2.19. The zero-order valence-corrected chi connectivity index (χ0v) is 10.6. The van der Waals surface area contributed by atoms with Crippen molar-refractivity contribution in [3.05, 3.63) is 45.2 Å². The van der Waals surface area contributed by atoms with E-state index in [1.54, 1.807) is 7.11 Å². The number of methoxy groups -OCH3 is 1. The van der Waals surface area contributed by atoms with Gasteiger partial charge >= 0.3 is 0 Å². The van der Waals surface area contributed by atoms with Crippen molar-refractivity contribution in [3.8, 4) is 0 Å². The first-order valence-corrected chi connectivity index (χ1v) is 6.46. The van der Waals surface area contributed by atoms with Gasteiger partial charge in [-0.25, -0.2) is 0 Å². The minimum absolute atomic E-state index is 0.205. The van der Waals surface area contributed by atoms with Crippen LogP contribution in [0, 0.1) is 0 Å². The Labute approximate surface area is 106 Å². The van der Waals surface area contributed by atoms with Gasteiger partial charge in [0.25, 0.3) is 0 Å². The number of fused-ring (bicyclic) bond motifs is 2. The fourth-order valence-corrected chi connectivity index (χ4v) is 2.82. The third-order valence-corrected chi connectivity index (χ3v) is 3.71. The van der Waals surface area contributed by atoms with Gasteiger partial charge in [-0.3, -0.25) is 4.79 Å². The summed E-state index contributed by atoms with van der Waals surface area (Å²) in [6.45, 7) is 0.534. The molecule has 0 bridgehead atoms. The highest BCUT2D eigenvalue weighted by atomic mass is 16.5. The number of aryl methyl sites for hydroxylation is 1. The Morgan fingerprint density at radius 1 is 1.28 bits per heavy atom. The quantitative estimate of drug-likeness (QED) is 0.880. The number of rotatable bonds is 2. The number of hydrogen-bond acceptors (Lipinski definition) is 2. The molecule has 0 amide bonds. The van der Waals surface area contributed by atoms with Gasteiger partial charge in [0.05, 0.1) is 12.1 Å². The first-order valence-electron chi connectivity index (χ1n) is 6.46. The van der Waals surface area contributed by atoms with E-state index in [2.05, 4.69) is 4.98 Å². The third kappa shape index (κ3) is 1.75. The Balaban J connectivity index is 2.31. The first-order chi connectivity index (χ1) is 8.81. The van der Waals surface area contributed by atoms with E-state index >= 15 is 0 Å². The van der Waals surface area contributed by atoms with Crippen LogP contribution in [0.3, 0.4) is 0 Å². The Morgan fingerprint density at radius 3 is 2.94 bits per heavy atom. The summed E-state index contributed by atoms with van der Waals surface area (Å²) in [5.74, 6) is 0. The molecule has 3 heteroatoms. The molecule has 3 nitrogen and oxygen atoms in total. The monoisotopic (exact) mass is 243 g/mol. The van der Waals surface area contributed by atoms with Gasteiger partial charge in [0.15, 0.2) is 5.43 Å². The molecule has 0 fully saturated rings. The summed E-state index contributed by atoms with van der Waals surface area (Å²) in [5, 5.41) is 0.796. The zero-order valence-electron chi connectivity index (χ0n) is 10.6. The average Bonchev–Trinajstić information content (AvgIpc) is 2.40. The maximum absolute atomic E-state index is 12.5. The van der Waals surface area contributed by atoms with Crippen molar-refractivity contribution in [2.24, 2.45) is 0 Å². The Hall–Kier alpha value is -1.61. The first kappa shape index (κ1) is 11.5. The summed E-state index contributed by atoms with van der Waals surface area (Å²) in [4.78, 5) is 15.9. The number of ether oxygens (including phenoxy) is 1. The van der Waals surface area contributed by atoms with Gasteiger partial charge in [0.1, 0.15) is 0 Å². The number of H-pyrrole nitrogens is 1. The molecule has 0 saturated heterocycles. The van der Waals surface area contributed by atoms with Crippen molar-refractivity contribution in [1.29, 1.82) is 0 Å². The van der Waals surface area contributed by atoms with Gasteiger partial charge in [-0.2, -0.15) is 0 Å². The summed E-state index contributed by atoms with van der Waals surface area (Å²) < 4.78 is 5.20. The van der Waals surface area contributed by atoms with Crippen LogP contribution in [0.25, 0.3) is 10.9 Å². The highest BCUT2D eigenvalue weighted by molar-refractivity contribution is 5.82. The molecule has 1 aromatic carbocycles. The van der Waals surface area contributed by atoms with Crippen LogP contribution >= 0.6 is 0 Å². The van der Waals surface area contributed by atoms with Crippen molar-refractivity contribution in [2.45, 2.75) is 32.3 Å². The molecule has 1 heterocycles. The molecule has 2 aromatic rings. The SMILES string of the molecule is COCc1cccc2c(=O)c3c([nH]c12)CCCC3. The molecular weight excluding hydrogens is 226 g/mol. The van der Waals surface area contributed by atoms with E-state index in [1.807, 2.05) is 18.2 Å². The van der Waals surface area contributed by atoms with Crippen molar-refractivity contribution in [3.63, 3.8) is 0 Å². The van der Waals surface area contributed by atoms with E-state index in [1.165, 1.54) is 6.42 Å². The van der Waals surface area contributed by atoms with Gasteiger partial charge in [-0.1, -0.05) is 12.1 Å². The molecule has 0 aliphatic heterocycles. The van der Waals surface area contributed by atoms with Crippen LogP contribution in [-0.4, -0.2) is 12.1 Å². The molecule has 1 aliphatic carbocycles. The molecule has 0 unspecified atom stereocenters. The number of aromatic nitrogens is 1. The second-order valence-electron chi connectivity index (χ2n) is 4.89. The molecule has 0 saturated carbocycles. The number of para-hydroxylation sites is 1. The Bertz CT molecular complexity index is 643. The number of benzene rings is 1. The van der Waals surface area contributed by atoms with Crippen LogP contribution in [0.1, 0.15) is 29.7 Å². The topological polar surface area (TPSA) is 42.1 Å². The van der Waals surface area contributed by atoms with Crippen LogP contribution in [0.2, 0.25) is 0 Å². The van der Waals surface area contributed by atoms with Gasteiger partial charge in [-0.15, -0.1) is 0 Å². The van der Waals surface area contributed by atoms with Crippen molar-refractivity contribution in [1.82, 2.24) is 4.98 Å². The molecule has 1 N–H and O–H groups in total. The summed E-state index contributed by atoms with van der Waals surface area (Å²) >= 11 is 0.